The van der Waals surface area contributed by atoms with Crippen LogP contribution in [-0.4, -0.2) is 10.7 Å². The van der Waals surface area contributed by atoms with E-state index in [1.165, 1.54) is 16.7 Å². The van der Waals surface area contributed by atoms with E-state index in [4.69, 9.17) is 9.84 Å². The third-order valence-corrected chi connectivity index (χ3v) is 6.24. The Morgan fingerprint density at radius 3 is 2.48 bits per heavy atom. The van der Waals surface area contributed by atoms with Crippen molar-refractivity contribution in [2.45, 2.75) is 38.5 Å². The molecule has 0 radical (unpaired) electrons. The van der Waals surface area contributed by atoms with Crippen LogP contribution >= 0.6 is 15.9 Å². The van der Waals surface area contributed by atoms with Crippen molar-refractivity contribution in [3.8, 4) is 5.75 Å². The lowest BCUT2D eigenvalue weighted by atomic mass is 9.95. The molecule has 3 aromatic rings. The first-order valence-electron chi connectivity index (χ1n) is 10.1. The van der Waals surface area contributed by atoms with Crippen LogP contribution in [0.2, 0.25) is 0 Å². The van der Waals surface area contributed by atoms with Crippen molar-refractivity contribution < 1.29 is 4.74 Å². The molecule has 0 unspecified atom stereocenters. The molecular weight excluding hydrogens is 424 g/mol. The quantitative estimate of drug-likeness (QED) is 0.440. The second kappa shape index (κ2) is 7.34. The molecule has 0 N–H and O–H groups in total. The van der Waals surface area contributed by atoms with Gasteiger partial charge in [0.15, 0.2) is 0 Å². The van der Waals surface area contributed by atoms with E-state index < -0.39 is 0 Å². The zero-order chi connectivity index (χ0) is 20.0. The summed E-state index contributed by atoms with van der Waals surface area (Å²) in [6.45, 7) is 4.43. The highest BCUT2D eigenvalue weighted by Gasteiger charge is 2.41. The second-order valence-electron chi connectivity index (χ2n) is 7.99. The fourth-order valence-corrected chi connectivity index (χ4v) is 4.51. The van der Waals surface area contributed by atoms with Crippen LogP contribution in [0.1, 0.15) is 60.7 Å². The van der Waals surface area contributed by atoms with Gasteiger partial charge in [-0.15, -0.1) is 0 Å². The van der Waals surface area contributed by atoms with E-state index in [2.05, 4.69) is 95.5 Å². The molecule has 3 nitrogen and oxygen atoms in total. The van der Waals surface area contributed by atoms with Gasteiger partial charge in [0.1, 0.15) is 5.75 Å². The molecule has 2 atom stereocenters. The summed E-state index contributed by atoms with van der Waals surface area (Å²) in [5, 5.41) is 7.17. The van der Waals surface area contributed by atoms with E-state index in [1.807, 2.05) is 12.1 Å². The van der Waals surface area contributed by atoms with Crippen molar-refractivity contribution in [1.29, 1.82) is 0 Å². The molecule has 0 amide bonds. The number of rotatable bonds is 3. The first-order chi connectivity index (χ1) is 14.1. The van der Waals surface area contributed by atoms with Crippen LogP contribution in [0, 0.1) is 0 Å². The van der Waals surface area contributed by atoms with E-state index in [0.717, 1.165) is 27.9 Å². The minimum absolute atomic E-state index is 0.168. The number of benzene rings is 3. The van der Waals surface area contributed by atoms with Gasteiger partial charge in [0, 0.05) is 22.0 Å². The van der Waals surface area contributed by atoms with E-state index in [1.54, 1.807) is 0 Å². The SMILES string of the molecule is CC(C)c1ccc([C@H]2Oc3ccc(Br)cc3[C@@H]3CC(c4ccccc4)=NN23)cc1. The lowest BCUT2D eigenvalue weighted by Crippen LogP contribution is -2.33. The molecule has 0 aliphatic carbocycles. The molecule has 2 aliphatic heterocycles. The topological polar surface area (TPSA) is 24.8 Å². The lowest BCUT2D eigenvalue weighted by molar-refractivity contribution is -0.0190. The van der Waals surface area contributed by atoms with Gasteiger partial charge in [-0.1, -0.05) is 84.4 Å². The summed E-state index contributed by atoms with van der Waals surface area (Å²) in [5.41, 5.74) is 5.93. The average Bonchev–Trinajstić information content (AvgIpc) is 3.20. The predicted molar refractivity (Wildman–Crippen MR) is 120 cm³/mol. The highest BCUT2D eigenvalue weighted by atomic mass is 79.9. The first kappa shape index (κ1) is 18.4. The number of ether oxygens (including phenoxy) is 1. The monoisotopic (exact) mass is 446 g/mol. The predicted octanol–water partition coefficient (Wildman–Crippen LogP) is 6.81. The Balaban J connectivity index is 1.57. The Hall–Kier alpha value is -2.59. The van der Waals surface area contributed by atoms with E-state index >= 15 is 0 Å². The largest absolute Gasteiger partial charge is 0.464 e. The van der Waals surface area contributed by atoms with Crippen molar-refractivity contribution in [2.24, 2.45) is 5.10 Å². The van der Waals surface area contributed by atoms with Gasteiger partial charge in [0.25, 0.3) is 0 Å². The van der Waals surface area contributed by atoms with Crippen LogP contribution in [0.5, 0.6) is 5.75 Å². The van der Waals surface area contributed by atoms with Crippen molar-refractivity contribution in [2.75, 3.05) is 0 Å². The highest BCUT2D eigenvalue weighted by Crippen LogP contribution is 2.48. The Labute approximate surface area is 180 Å². The Morgan fingerprint density at radius 1 is 1.00 bits per heavy atom. The van der Waals surface area contributed by atoms with Crippen LogP contribution < -0.4 is 4.74 Å². The number of halogens is 1. The summed E-state index contributed by atoms with van der Waals surface area (Å²) in [6.07, 6.45) is 0.647. The normalized spacial score (nSPS) is 20.1. The third-order valence-electron chi connectivity index (χ3n) is 5.75. The summed E-state index contributed by atoms with van der Waals surface area (Å²) in [5.74, 6) is 1.45. The van der Waals surface area contributed by atoms with Gasteiger partial charge in [-0.3, -0.25) is 0 Å². The summed E-state index contributed by atoms with van der Waals surface area (Å²) in [6, 6.07) is 25.6. The zero-order valence-corrected chi connectivity index (χ0v) is 18.1. The number of hydrogen-bond donors (Lipinski definition) is 0. The summed E-state index contributed by atoms with van der Waals surface area (Å²) < 4.78 is 7.53. The van der Waals surface area contributed by atoms with Gasteiger partial charge < -0.3 is 4.74 Å². The summed E-state index contributed by atoms with van der Waals surface area (Å²) in [4.78, 5) is 0. The molecule has 2 heterocycles. The van der Waals surface area contributed by atoms with Crippen LogP contribution in [0.25, 0.3) is 0 Å². The standard InChI is InChI=1S/C25H23BrN2O/c1-16(2)17-8-10-19(11-9-17)25-28-23(21-14-20(26)12-13-24(21)29-25)15-22(27-28)18-6-4-3-5-7-18/h3-14,16,23,25H,15H2,1-2H3/t23-,25+/m0/s1. The van der Waals surface area contributed by atoms with Gasteiger partial charge in [0.05, 0.1) is 11.8 Å². The molecule has 4 heteroatoms. The average molecular weight is 447 g/mol. The van der Waals surface area contributed by atoms with Gasteiger partial charge >= 0.3 is 0 Å². The fourth-order valence-electron chi connectivity index (χ4n) is 4.13. The van der Waals surface area contributed by atoms with Gasteiger partial charge in [-0.25, -0.2) is 5.01 Å². The van der Waals surface area contributed by atoms with Crippen molar-refractivity contribution in [3.63, 3.8) is 0 Å². The molecule has 0 aromatic heterocycles. The van der Waals surface area contributed by atoms with Crippen LogP contribution in [0.15, 0.2) is 82.4 Å². The second-order valence-corrected chi connectivity index (χ2v) is 8.90. The molecule has 29 heavy (non-hydrogen) atoms. The van der Waals surface area contributed by atoms with Crippen LogP contribution in [-0.2, 0) is 0 Å². The number of hydrogen-bond acceptors (Lipinski definition) is 3. The maximum absolute atomic E-state index is 6.47. The third kappa shape index (κ3) is 3.36. The Bertz CT molecular complexity index is 1060. The van der Waals surface area contributed by atoms with E-state index in [-0.39, 0.29) is 12.3 Å². The fraction of sp³-hybridized carbons (Fsp3) is 0.240. The minimum atomic E-state index is -0.226. The number of fused-ring (bicyclic) bond motifs is 3. The summed E-state index contributed by atoms with van der Waals surface area (Å²) in [7, 11) is 0. The van der Waals surface area contributed by atoms with Crippen LogP contribution in [0.4, 0.5) is 0 Å². The Kier molecular flexibility index (Phi) is 4.67. The lowest BCUT2D eigenvalue weighted by Gasteiger charge is -2.38. The molecule has 3 aromatic carbocycles. The Morgan fingerprint density at radius 2 is 1.76 bits per heavy atom. The van der Waals surface area contributed by atoms with E-state index in [0.29, 0.717) is 5.92 Å². The molecule has 2 aliphatic rings. The molecule has 0 saturated heterocycles. The molecule has 5 rings (SSSR count). The van der Waals surface area contributed by atoms with Gasteiger partial charge in [-0.05, 0) is 35.2 Å². The van der Waals surface area contributed by atoms with Gasteiger partial charge in [0.2, 0.25) is 6.23 Å². The zero-order valence-electron chi connectivity index (χ0n) is 16.5. The molecular formula is C25H23BrN2O. The maximum atomic E-state index is 6.47. The smallest absolute Gasteiger partial charge is 0.213 e. The molecule has 0 saturated carbocycles. The van der Waals surface area contributed by atoms with E-state index in [9.17, 15) is 0 Å². The molecule has 0 bridgehead atoms. The van der Waals surface area contributed by atoms with Crippen molar-refractivity contribution >= 4 is 21.6 Å². The number of nitrogens with zero attached hydrogens (tertiary/aromatic N) is 2. The molecule has 146 valence electrons. The van der Waals surface area contributed by atoms with Crippen molar-refractivity contribution in [3.05, 3.63) is 99.5 Å². The van der Waals surface area contributed by atoms with Gasteiger partial charge in [-0.2, -0.15) is 5.10 Å². The first-order valence-corrected chi connectivity index (χ1v) is 10.9. The highest BCUT2D eigenvalue weighted by molar-refractivity contribution is 9.10. The molecule has 0 fully saturated rings. The minimum Gasteiger partial charge on any atom is -0.464 e. The number of hydrazone groups is 1. The summed E-state index contributed by atoms with van der Waals surface area (Å²) >= 11 is 3.62. The van der Waals surface area contributed by atoms with Crippen molar-refractivity contribution in [1.82, 2.24) is 5.01 Å². The maximum Gasteiger partial charge on any atom is 0.213 e. The van der Waals surface area contributed by atoms with Crippen LogP contribution in [0.3, 0.4) is 0 Å². The molecule has 0 spiro atoms.